The summed E-state index contributed by atoms with van der Waals surface area (Å²) in [6.07, 6.45) is 1.32. The average molecular weight is 330 g/mol. The number of ether oxygens (including phenoxy) is 1. The van der Waals surface area contributed by atoms with Crippen LogP contribution in [-0.2, 0) is 16.1 Å². The van der Waals surface area contributed by atoms with Gasteiger partial charge < -0.3 is 15.4 Å². The van der Waals surface area contributed by atoms with E-state index in [9.17, 15) is 9.59 Å². The van der Waals surface area contributed by atoms with E-state index in [1.165, 1.54) is 0 Å². The molecular formula is C17H18N2O3S. The first-order valence-corrected chi connectivity index (χ1v) is 8.43. The van der Waals surface area contributed by atoms with Crippen molar-refractivity contribution in [1.82, 2.24) is 5.32 Å². The zero-order valence-corrected chi connectivity index (χ0v) is 13.4. The number of hydrogen-bond donors (Lipinski definition) is 2. The van der Waals surface area contributed by atoms with Crippen molar-refractivity contribution >= 4 is 28.8 Å². The van der Waals surface area contributed by atoms with Gasteiger partial charge >= 0.3 is 0 Å². The van der Waals surface area contributed by atoms with Gasteiger partial charge in [-0.25, -0.2) is 0 Å². The Labute approximate surface area is 138 Å². The summed E-state index contributed by atoms with van der Waals surface area (Å²) in [6.45, 7) is 1.16. The first kappa shape index (κ1) is 15.7. The molecule has 1 aliphatic heterocycles. The Morgan fingerprint density at radius 3 is 2.70 bits per heavy atom. The van der Waals surface area contributed by atoms with Crippen molar-refractivity contribution < 1.29 is 14.3 Å². The van der Waals surface area contributed by atoms with Gasteiger partial charge in [-0.05, 0) is 48.6 Å². The van der Waals surface area contributed by atoms with Gasteiger partial charge in [0.1, 0.15) is 6.10 Å². The number of anilines is 1. The Morgan fingerprint density at radius 2 is 2.04 bits per heavy atom. The molecule has 0 aliphatic carbocycles. The largest absolute Gasteiger partial charge is 0.368 e. The van der Waals surface area contributed by atoms with E-state index in [1.807, 2.05) is 17.5 Å². The number of rotatable bonds is 5. The number of benzene rings is 1. The van der Waals surface area contributed by atoms with Crippen molar-refractivity contribution in [3.05, 3.63) is 52.2 Å². The molecular weight excluding hydrogens is 312 g/mol. The number of amides is 2. The predicted molar refractivity (Wildman–Crippen MR) is 89.5 cm³/mol. The molecule has 1 aromatic carbocycles. The summed E-state index contributed by atoms with van der Waals surface area (Å²) >= 11 is 1.61. The molecule has 2 heterocycles. The molecule has 0 unspecified atom stereocenters. The van der Waals surface area contributed by atoms with Gasteiger partial charge in [0.2, 0.25) is 0 Å². The lowest BCUT2D eigenvalue weighted by Crippen LogP contribution is -2.27. The summed E-state index contributed by atoms with van der Waals surface area (Å²) in [5.74, 6) is -0.257. The molecule has 1 aliphatic rings. The summed E-state index contributed by atoms with van der Waals surface area (Å²) in [7, 11) is 0. The molecule has 3 rings (SSSR count). The lowest BCUT2D eigenvalue weighted by Gasteiger charge is -2.11. The number of carbonyl (C=O) groups is 2. The third-order valence-electron chi connectivity index (χ3n) is 3.64. The molecule has 5 nitrogen and oxygen atoms in total. The van der Waals surface area contributed by atoms with E-state index in [-0.39, 0.29) is 17.9 Å². The minimum Gasteiger partial charge on any atom is -0.368 e. The summed E-state index contributed by atoms with van der Waals surface area (Å²) in [5.41, 5.74) is 1.23. The van der Waals surface area contributed by atoms with Gasteiger partial charge in [-0.15, -0.1) is 11.3 Å². The van der Waals surface area contributed by atoms with Gasteiger partial charge in [-0.2, -0.15) is 0 Å². The zero-order chi connectivity index (χ0) is 16.1. The third-order valence-corrected chi connectivity index (χ3v) is 4.52. The van der Waals surface area contributed by atoms with Gasteiger partial charge in [0.15, 0.2) is 0 Å². The number of nitrogens with one attached hydrogen (secondary N) is 2. The van der Waals surface area contributed by atoms with Gasteiger partial charge in [0.05, 0.1) is 6.54 Å². The summed E-state index contributed by atoms with van der Waals surface area (Å²) < 4.78 is 5.34. The molecule has 1 atom stereocenters. The standard InChI is InChI=1S/C17H18N2O3S/c20-16(18-11-14-3-2-10-23-14)12-5-7-13(8-6-12)19-17(21)15-4-1-9-22-15/h2-3,5-8,10,15H,1,4,9,11H2,(H,18,20)(H,19,21)/t15-/m1/s1. The van der Waals surface area contributed by atoms with E-state index in [2.05, 4.69) is 10.6 Å². The average Bonchev–Trinajstić information content (AvgIpc) is 3.26. The van der Waals surface area contributed by atoms with Crippen LogP contribution in [0.25, 0.3) is 0 Å². The van der Waals surface area contributed by atoms with Crippen LogP contribution in [0.3, 0.4) is 0 Å². The van der Waals surface area contributed by atoms with Crippen molar-refractivity contribution in [3.8, 4) is 0 Å². The molecule has 1 saturated heterocycles. The van der Waals surface area contributed by atoms with Crippen LogP contribution in [0.5, 0.6) is 0 Å². The molecule has 2 aromatic rings. The topological polar surface area (TPSA) is 67.4 Å². The Morgan fingerprint density at radius 1 is 1.22 bits per heavy atom. The van der Waals surface area contributed by atoms with Gasteiger partial charge in [0, 0.05) is 22.7 Å². The quantitative estimate of drug-likeness (QED) is 0.886. The molecule has 1 aromatic heterocycles. The summed E-state index contributed by atoms with van der Waals surface area (Å²) in [6, 6.07) is 10.8. The summed E-state index contributed by atoms with van der Waals surface area (Å²) in [4.78, 5) is 25.1. The second-order valence-corrected chi connectivity index (χ2v) is 6.36. The highest BCUT2D eigenvalue weighted by Crippen LogP contribution is 2.16. The number of carbonyl (C=O) groups excluding carboxylic acids is 2. The molecule has 0 spiro atoms. The van der Waals surface area contributed by atoms with Crippen LogP contribution in [0, 0.1) is 0 Å². The lowest BCUT2D eigenvalue weighted by molar-refractivity contribution is -0.124. The molecule has 2 N–H and O–H groups in total. The van der Waals surface area contributed by atoms with Crippen LogP contribution in [-0.4, -0.2) is 24.5 Å². The van der Waals surface area contributed by atoms with E-state index < -0.39 is 0 Å². The van der Waals surface area contributed by atoms with Crippen LogP contribution in [0.1, 0.15) is 28.1 Å². The Kier molecular flexibility index (Phi) is 5.05. The SMILES string of the molecule is O=C(NCc1cccs1)c1ccc(NC(=O)[C@H]2CCCO2)cc1. The highest BCUT2D eigenvalue weighted by atomic mass is 32.1. The van der Waals surface area contributed by atoms with E-state index in [0.29, 0.717) is 24.4 Å². The fourth-order valence-electron chi connectivity index (χ4n) is 2.39. The maximum atomic E-state index is 12.1. The van der Waals surface area contributed by atoms with Gasteiger partial charge in [0.25, 0.3) is 11.8 Å². The first-order valence-electron chi connectivity index (χ1n) is 7.55. The van der Waals surface area contributed by atoms with Crippen LogP contribution in [0.15, 0.2) is 41.8 Å². The molecule has 1 fully saturated rings. The van der Waals surface area contributed by atoms with Crippen molar-refractivity contribution in [1.29, 1.82) is 0 Å². The van der Waals surface area contributed by atoms with E-state index in [1.54, 1.807) is 35.6 Å². The van der Waals surface area contributed by atoms with Crippen LogP contribution in [0.4, 0.5) is 5.69 Å². The molecule has 6 heteroatoms. The molecule has 2 amide bonds. The van der Waals surface area contributed by atoms with Crippen molar-refractivity contribution in [2.75, 3.05) is 11.9 Å². The third kappa shape index (κ3) is 4.18. The first-order chi connectivity index (χ1) is 11.2. The molecule has 0 bridgehead atoms. The Balaban J connectivity index is 1.53. The predicted octanol–water partition coefficient (Wildman–Crippen LogP) is 2.80. The van der Waals surface area contributed by atoms with E-state index in [0.717, 1.165) is 17.7 Å². The molecule has 0 radical (unpaired) electrons. The monoisotopic (exact) mass is 330 g/mol. The van der Waals surface area contributed by atoms with Crippen molar-refractivity contribution in [3.63, 3.8) is 0 Å². The number of thiophene rings is 1. The Bertz CT molecular complexity index is 662. The fourth-order valence-corrected chi connectivity index (χ4v) is 3.04. The minimum absolute atomic E-state index is 0.127. The second-order valence-electron chi connectivity index (χ2n) is 5.33. The lowest BCUT2D eigenvalue weighted by atomic mass is 10.2. The maximum absolute atomic E-state index is 12.1. The van der Waals surface area contributed by atoms with Crippen molar-refractivity contribution in [2.45, 2.75) is 25.5 Å². The molecule has 23 heavy (non-hydrogen) atoms. The Hall–Kier alpha value is -2.18. The van der Waals surface area contributed by atoms with E-state index in [4.69, 9.17) is 4.74 Å². The number of hydrogen-bond acceptors (Lipinski definition) is 4. The summed E-state index contributed by atoms with van der Waals surface area (Å²) in [5, 5.41) is 7.66. The molecule has 0 saturated carbocycles. The highest BCUT2D eigenvalue weighted by molar-refractivity contribution is 7.09. The van der Waals surface area contributed by atoms with Gasteiger partial charge in [-0.1, -0.05) is 6.07 Å². The van der Waals surface area contributed by atoms with Crippen molar-refractivity contribution in [2.24, 2.45) is 0 Å². The zero-order valence-electron chi connectivity index (χ0n) is 12.6. The normalized spacial score (nSPS) is 17.0. The van der Waals surface area contributed by atoms with Crippen LogP contribution >= 0.6 is 11.3 Å². The van der Waals surface area contributed by atoms with Crippen LogP contribution < -0.4 is 10.6 Å². The second kappa shape index (κ2) is 7.39. The maximum Gasteiger partial charge on any atom is 0.253 e. The highest BCUT2D eigenvalue weighted by Gasteiger charge is 2.23. The van der Waals surface area contributed by atoms with Gasteiger partial charge in [-0.3, -0.25) is 9.59 Å². The fraction of sp³-hybridized carbons (Fsp3) is 0.294. The van der Waals surface area contributed by atoms with E-state index >= 15 is 0 Å². The van der Waals surface area contributed by atoms with Crippen LogP contribution in [0.2, 0.25) is 0 Å². The minimum atomic E-state index is -0.358. The molecule has 120 valence electrons. The smallest absolute Gasteiger partial charge is 0.253 e.